The molecular weight excluding hydrogens is 254 g/mol. The third-order valence-corrected chi connectivity index (χ3v) is 3.87. The fraction of sp³-hybridized carbons (Fsp3) is 0.333. The number of benzene rings is 1. The number of rotatable bonds is 1. The second-order valence-electron chi connectivity index (χ2n) is 5.13. The van der Waals surface area contributed by atoms with E-state index in [0.29, 0.717) is 18.7 Å². The number of para-hydroxylation sites is 1. The second-order valence-corrected chi connectivity index (χ2v) is 5.13. The van der Waals surface area contributed by atoms with Gasteiger partial charge in [0.25, 0.3) is 5.91 Å². The molecule has 1 aromatic heterocycles. The lowest BCUT2D eigenvalue weighted by atomic mass is 10.0. The van der Waals surface area contributed by atoms with Gasteiger partial charge in [0.05, 0.1) is 23.5 Å². The molecule has 0 aliphatic carbocycles. The number of aromatic nitrogens is 2. The first-order valence-corrected chi connectivity index (χ1v) is 6.66. The Morgan fingerprint density at radius 3 is 2.85 bits per heavy atom. The summed E-state index contributed by atoms with van der Waals surface area (Å²) in [6.45, 7) is 3.20. The molecule has 3 rings (SSSR count). The van der Waals surface area contributed by atoms with Crippen molar-refractivity contribution in [2.24, 2.45) is 7.05 Å². The number of aryl methyl sites for hydroxylation is 2. The molecule has 0 atom stereocenters. The Bertz CT molecular complexity index is 676. The highest BCUT2D eigenvalue weighted by Gasteiger charge is 2.26. The molecule has 0 saturated heterocycles. The smallest absolute Gasteiger partial charge is 0.257 e. The Morgan fingerprint density at radius 1 is 1.35 bits per heavy atom. The fourth-order valence-electron chi connectivity index (χ4n) is 2.78. The number of amides is 1. The number of nitrogens with zero attached hydrogens (tertiary/aromatic N) is 3. The largest absolute Gasteiger partial charge is 0.507 e. The average Bonchev–Trinajstić information content (AvgIpc) is 2.73. The molecule has 5 heteroatoms. The zero-order valence-electron chi connectivity index (χ0n) is 11.6. The Balaban J connectivity index is 1.89. The molecule has 2 aromatic rings. The van der Waals surface area contributed by atoms with E-state index in [4.69, 9.17) is 0 Å². The van der Waals surface area contributed by atoms with Crippen LogP contribution in [0.3, 0.4) is 0 Å². The second kappa shape index (κ2) is 4.67. The van der Waals surface area contributed by atoms with Crippen molar-refractivity contribution in [1.82, 2.24) is 14.7 Å². The van der Waals surface area contributed by atoms with E-state index < -0.39 is 0 Å². The van der Waals surface area contributed by atoms with Gasteiger partial charge in [0, 0.05) is 13.6 Å². The van der Waals surface area contributed by atoms with Gasteiger partial charge in [-0.2, -0.15) is 5.10 Å². The molecule has 5 nitrogen and oxygen atoms in total. The van der Waals surface area contributed by atoms with E-state index in [2.05, 4.69) is 5.10 Å². The number of fused-ring (bicyclic) bond motifs is 1. The summed E-state index contributed by atoms with van der Waals surface area (Å²) in [5.74, 6) is -0.0999. The number of phenolic OH excluding ortho intramolecular Hbond substituents is 1. The first-order valence-electron chi connectivity index (χ1n) is 6.66. The lowest BCUT2D eigenvalue weighted by Gasteiger charge is -2.27. The number of carbonyl (C=O) groups excluding carboxylic acids is 1. The van der Waals surface area contributed by atoms with E-state index in [1.165, 1.54) is 11.6 Å². The SMILES string of the molecule is Cc1nn(C)c2c1CCN(C(=O)c1ccccc1O)C2. The van der Waals surface area contributed by atoms with Gasteiger partial charge in [0.2, 0.25) is 0 Å². The molecule has 1 aliphatic heterocycles. The summed E-state index contributed by atoms with van der Waals surface area (Å²) in [6.07, 6.45) is 0.814. The molecule has 0 bridgehead atoms. The van der Waals surface area contributed by atoms with Crippen molar-refractivity contribution in [3.05, 3.63) is 46.8 Å². The highest BCUT2D eigenvalue weighted by atomic mass is 16.3. The van der Waals surface area contributed by atoms with Crippen LogP contribution in [-0.2, 0) is 20.0 Å². The third-order valence-electron chi connectivity index (χ3n) is 3.87. The van der Waals surface area contributed by atoms with Crippen LogP contribution in [0.2, 0.25) is 0 Å². The normalized spacial score (nSPS) is 14.2. The molecule has 0 spiro atoms. The highest BCUT2D eigenvalue weighted by Crippen LogP contribution is 2.25. The quantitative estimate of drug-likeness (QED) is 0.857. The van der Waals surface area contributed by atoms with E-state index in [0.717, 1.165) is 17.8 Å². The molecule has 0 radical (unpaired) electrons. The van der Waals surface area contributed by atoms with Crippen LogP contribution >= 0.6 is 0 Å². The van der Waals surface area contributed by atoms with Crippen molar-refractivity contribution in [2.75, 3.05) is 6.54 Å². The summed E-state index contributed by atoms with van der Waals surface area (Å²) in [7, 11) is 1.90. The van der Waals surface area contributed by atoms with Crippen molar-refractivity contribution in [3.63, 3.8) is 0 Å². The lowest BCUT2D eigenvalue weighted by molar-refractivity contribution is 0.0727. The molecule has 0 saturated carbocycles. The molecule has 0 unspecified atom stereocenters. The summed E-state index contributed by atoms with van der Waals surface area (Å²) in [5.41, 5.74) is 3.72. The number of hydrogen-bond acceptors (Lipinski definition) is 3. The minimum Gasteiger partial charge on any atom is -0.507 e. The molecule has 1 aromatic carbocycles. The standard InChI is InChI=1S/C15H17N3O2/c1-10-11-7-8-18(9-13(11)17(2)16-10)15(20)12-5-3-4-6-14(12)19/h3-6,19H,7-9H2,1-2H3. The van der Waals surface area contributed by atoms with E-state index in [1.807, 2.05) is 18.7 Å². The Kier molecular flexibility index (Phi) is 2.97. The molecule has 20 heavy (non-hydrogen) atoms. The van der Waals surface area contributed by atoms with Crippen molar-refractivity contribution in [1.29, 1.82) is 0 Å². The van der Waals surface area contributed by atoms with E-state index in [-0.39, 0.29) is 11.7 Å². The van der Waals surface area contributed by atoms with Crippen LogP contribution in [0.25, 0.3) is 0 Å². The average molecular weight is 271 g/mol. The van der Waals surface area contributed by atoms with Crippen molar-refractivity contribution in [3.8, 4) is 5.75 Å². The van der Waals surface area contributed by atoms with Gasteiger partial charge in [-0.3, -0.25) is 9.48 Å². The van der Waals surface area contributed by atoms with Gasteiger partial charge >= 0.3 is 0 Å². The van der Waals surface area contributed by atoms with Crippen LogP contribution in [0.1, 0.15) is 27.3 Å². The molecule has 2 heterocycles. The van der Waals surface area contributed by atoms with Crippen molar-refractivity contribution >= 4 is 5.91 Å². The van der Waals surface area contributed by atoms with Crippen molar-refractivity contribution in [2.45, 2.75) is 19.9 Å². The van der Waals surface area contributed by atoms with Gasteiger partial charge in [-0.25, -0.2) is 0 Å². The predicted octanol–water partition coefficient (Wildman–Crippen LogP) is 1.63. The highest BCUT2D eigenvalue weighted by molar-refractivity contribution is 5.96. The van der Waals surface area contributed by atoms with Gasteiger partial charge in [-0.15, -0.1) is 0 Å². The van der Waals surface area contributed by atoms with Gasteiger partial charge in [0.1, 0.15) is 5.75 Å². The van der Waals surface area contributed by atoms with Crippen LogP contribution in [0, 0.1) is 6.92 Å². The molecule has 0 fully saturated rings. The van der Waals surface area contributed by atoms with Crippen molar-refractivity contribution < 1.29 is 9.90 Å². The topological polar surface area (TPSA) is 58.4 Å². The lowest BCUT2D eigenvalue weighted by Crippen LogP contribution is -2.36. The maximum atomic E-state index is 12.5. The monoisotopic (exact) mass is 271 g/mol. The fourth-order valence-corrected chi connectivity index (χ4v) is 2.78. The Labute approximate surface area is 117 Å². The molecule has 104 valence electrons. The van der Waals surface area contributed by atoms with Gasteiger partial charge in [-0.1, -0.05) is 12.1 Å². The van der Waals surface area contributed by atoms with Gasteiger partial charge in [-0.05, 0) is 31.0 Å². The summed E-state index contributed by atoms with van der Waals surface area (Å²) in [5, 5.41) is 14.2. The Hall–Kier alpha value is -2.30. The maximum Gasteiger partial charge on any atom is 0.257 e. The van der Waals surface area contributed by atoms with Crippen LogP contribution in [0.15, 0.2) is 24.3 Å². The summed E-state index contributed by atoms with van der Waals surface area (Å²) in [4.78, 5) is 14.2. The van der Waals surface area contributed by atoms with Crippen LogP contribution in [0.4, 0.5) is 0 Å². The molecule has 1 amide bonds. The number of aromatic hydroxyl groups is 1. The predicted molar refractivity (Wildman–Crippen MR) is 74.5 cm³/mol. The Morgan fingerprint density at radius 2 is 2.10 bits per heavy atom. The minimum atomic E-state index is -0.132. The van der Waals surface area contributed by atoms with E-state index in [1.54, 1.807) is 23.1 Å². The van der Waals surface area contributed by atoms with Gasteiger partial charge in [0.15, 0.2) is 0 Å². The third kappa shape index (κ3) is 1.95. The number of phenols is 1. The molecule has 1 aliphatic rings. The van der Waals surface area contributed by atoms with Crippen LogP contribution in [-0.4, -0.2) is 32.2 Å². The minimum absolute atomic E-state index is 0.0319. The van der Waals surface area contributed by atoms with Crippen LogP contribution in [0.5, 0.6) is 5.75 Å². The molecule has 1 N–H and O–H groups in total. The van der Waals surface area contributed by atoms with Gasteiger partial charge < -0.3 is 10.0 Å². The first kappa shape index (κ1) is 12.7. The summed E-state index contributed by atoms with van der Waals surface area (Å²) < 4.78 is 1.84. The zero-order chi connectivity index (χ0) is 14.3. The van der Waals surface area contributed by atoms with E-state index >= 15 is 0 Å². The number of hydrogen-bond donors (Lipinski definition) is 1. The summed E-state index contributed by atoms with van der Waals surface area (Å²) in [6, 6.07) is 6.67. The number of carbonyl (C=O) groups is 1. The maximum absolute atomic E-state index is 12.5. The summed E-state index contributed by atoms with van der Waals surface area (Å²) >= 11 is 0. The van der Waals surface area contributed by atoms with Crippen LogP contribution < -0.4 is 0 Å². The van der Waals surface area contributed by atoms with E-state index in [9.17, 15) is 9.90 Å². The zero-order valence-corrected chi connectivity index (χ0v) is 11.6. The molecular formula is C15H17N3O2. The first-order chi connectivity index (χ1) is 9.58.